The number of nitrogens with zero attached hydrogens (tertiary/aromatic N) is 3. The van der Waals surface area contributed by atoms with Crippen LogP contribution in [0.15, 0.2) is 54.4 Å². The molecule has 8 nitrogen and oxygen atoms in total. The van der Waals surface area contributed by atoms with Gasteiger partial charge in [0.2, 0.25) is 0 Å². The number of pyridine rings is 1. The Balaban J connectivity index is 1.72. The number of aromatic nitrogens is 1. The Labute approximate surface area is 180 Å². The molecule has 2 aliphatic rings. The Kier molecular flexibility index (Phi) is 6.29. The van der Waals surface area contributed by atoms with Gasteiger partial charge in [-0.05, 0) is 23.8 Å². The zero-order valence-electron chi connectivity index (χ0n) is 17.4. The minimum atomic E-state index is -0.707. The Morgan fingerprint density at radius 1 is 1.19 bits per heavy atom. The SMILES string of the molecule is COc1cccc(/C(O)=C2\C(=O)C(=O)N(CCN3CCOCC3)[C@H]2c2cccnc2)c1. The second-order valence-electron chi connectivity index (χ2n) is 7.46. The smallest absolute Gasteiger partial charge is 0.295 e. The lowest BCUT2D eigenvalue weighted by molar-refractivity contribution is -0.140. The third-order valence-electron chi connectivity index (χ3n) is 5.64. The molecule has 2 aromatic rings. The number of benzene rings is 1. The fourth-order valence-electron chi connectivity index (χ4n) is 3.99. The molecule has 8 heteroatoms. The maximum atomic E-state index is 13.0. The fourth-order valence-corrected chi connectivity index (χ4v) is 3.99. The molecule has 2 saturated heterocycles. The third kappa shape index (κ3) is 4.30. The summed E-state index contributed by atoms with van der Waals surface area (Å²) in [6.45, 7) is 3.85. The van der Waals surface area contributed by atoms with Gasteiger partial charge < -0.3 is 19.5 Å². The van der Waals surface area contributed by atoms with E-state index in [0.717, 1.165) is 13.1 Å². The number of rotatable bonds is 6. The van der Waals surface area contributed by atoms with Crippen molar-refractivity contribution in [3.63, 3.8) is 0 Å². The molecular formula is C23H25N3O5. The molecule has 0 saturated carbocycles. The maximum Gasteiger partial charge on any atom is 0.295 e. The van der Waals surface area contributed by atoms with Crippen molar-refractivity contribution in [2.45, 2.75) is 6.04 Å². The fraction of sp³-hybridized carbons (Fsp3) is 0.348. The van der Waals surface area contributed by atoms with E-state index in [-0.39, 0.29) is 11.3 Å². The van der Waals surface area contributed by atoms with Crippen molar-refractivity contribution in [2.75, 3.05) is 46.5 Å². The first-order valence-electron chi connectivity index (χ1n) is 10.2. The van der Waals surface area contributed by atoms with Crippen molar-refractivity contribution in [3.8, 4) is 5.75 Å². The van der Waals surface area contributed by atoms with E-state index in [2.05, 4.69) is 9.88 Å². The summed E-state index contributed by atoms with van der Waals surface area (Å²) in [6.07, 6.45) is 3.25. The van der Waals surface area contributed by atoms with Gasteiger partial charge >= 0.3 is 0 Å². The molecule has 0 bridgehead atoms. The van der Waals surface area contributed by atoms with E-state index in [4.69, 9.17) is 9.47 Å². The molecular weight excluding hydrogens is 398 g/mol. The summed E-state index contributed by atoms with van der Waals surface area (Å²) in [5.41, 5.74) is 1.15. The lowest BCUT2D eigenvalue weighted by Crippen LogP contribution is -2.42. The molecule has 0 aliphatic carbocycles. The first kappa shape index (κ1) is 21.0. The molecule has 1 N–H and O–H groups in total. The number of ketones is 1. The van der Waals surface area contributed by atoms with Crippen LogP contribution < -0.4 is 4.74 Å². The van der Waals surface area contributed by atoms with E-state index in [1.807, 2.05) is 6.07 Å². The summed E-state index contributed by atoms with van der Waals surface area (Å²) >= 11 is 0. The van der Waals surface area contributed by atoms with Gasteiger partial charge in [0.05, 0.1) is 31.9 Å². The number of likely N-dealkylation sites (tertiary alicyclic amines) is 1. The van der Waals surface area contributed by atoms with Gasteiger partial charge in [-0.2, -0.15) is 0 Å². The average molecular weight is 423 g/mol. The van der Waals surface area contributed by atoms with Gasteiger partial charge in [0.15, 0.2) is 0 Å². The van der Waals surface area contributed by atoms with Crippen molar-refractivity contribution in [3.05, 3.63) is 65.5 Å². The summed E-state index contributed by atoms with van der Waals surface area (Å²) in [6, 6.07) is 9.64. The Bertz CT molecular complexity index is 986. The Hall–Kier alpha value is -3.23. The van der Waals surface area contributed by atoms with Gasteiger partial charge in [-0.3, -0.25) is 19.5 Å². The van der Waals surface area contributed by atoms with Crippen LogP contribution in [0.25, 0.3) is 5.76 Å². The Morgan fingerprint density at radius 2 is 2.00 bits per heavy atom. The summed E-state index contributed by atoms with van der Waals surface area (Å²) in [5, 5.41) is 11.1. The monoisotopic (exact) mass is 423 g/mol. The highest BCUT2D eigenvalue weighted by Gasteiger charge is 2.46. The molecule has 162 valence electrons. The van der Waals surface area contributed by atoms with E-state index >= 15 is 0 Å². The first-order chi connectivity index (χ1) is 15.1. The van der Waals surface area contributed by atoms with Crippen LogP contribution in [-0.4, -0.2) is 78.1 Å². The zero-order valence-corrected chi connectivity index (χ0v) is 17.4. The molecule has 0 spiro atoms. The molecule has 4 rings (SSSR count). The van der Waals surface area contributed by atoms with Crippen LogP contribution in [0.2, 0.25) is 0 Å². The van der Waals surface area contributed by atoms with Gasteiger partial charge in [-0.15, -0.1) is 0 Å². The highest BCUT2D eigenvalue weighted by molar-refractivity contribution is 6.46. The molecule has 31 heavy (non-hydrogen) atoms. The van der Waals surface area contributed by atoms with E-state index in [9.17, 15) is 14.7 Å². The second kappa shape index (κ2) is 9.28. The number of ether oxygens (including phenoxy) is 2. The predicted molar refractivity (Wildman–Crippen MR) is 113 cm³/mol. The van der Waals surface area contributed by atoms with Crippen LogP contribution >= 0.6 is 0 Å². The first-order valence-corrected chi connectivity index (χ1v) is 10.2. The molecule has 0 unspecified atom stereocenters. The number of amides is 1. The highest BCUT2D eigenvalue weighted by atomic mass is 16.5. The van der Waals surface area contributed by atoms with Crippen LogP contribution in [0.1, 0.15) is 17.2 Å². The van der Waals surface area contributed by atoms with E-state index < -0.39 is 17.7 Å². The van der Waals surface area contributed by atoms with Gasteiger partial charge in [0.1, 0.15) is 11.5 Å². The van der Waals surface area contributed by atoms with Gasteiger partial charge in [0.25, 0.3) is 11.7 Å². The van der Waals surface area contributed by atoms with Crippen LogP contribution in [-0.2, 0) is 14.3 Å². The lowest BCUT2D eigenvalue weighted by Gasteiger charge is -2.30. The second-order valence-corrected chi connectivity index (χ2v) is 7.46. The van der Waals surface area contributed by atoms with Gasteiger partial charge in [-0.25, -0.2) is 0 Å². The van der Waals surface area contributed by atoms with Gasteiger partial charge in [0, 0.05) is 44.1 Å². The molecule has 2 aliphatic heterocycles. The number of carbonyl (C=O) groups excluding carboxylic acids is 2. The summed E-state index contributed by atoms with van der Waals surface area (Å²) in [4.78, 5) is 33.9. The molecule has 1 aromatic carbocycles. The van der Waals surface area contributed by atoms with Crippen molar-refractivity contribution in [1.82, 2.24) is 14.8 Å². The van der Waals surface area contributed by atoms with Crippen LogP contribution in [0, 0.1) is 0 Å². The van der Waals surface area contributed by atoms with Crippen molar-refractivity contribution in [1.29, 1.82) is 0 Å². The number of morpholine rings is 1. The van der Waals surface area contributed by atoms with Crippen LogP contribution in [0.3, 0.4) is 0 Å². The number of methoxy groups -OCH3 is 1. The van der Waals surface area contributed by atoms with Crippen molar-refractivity contribution in [2.24, 2.45) is 0 Å². The molecule has 3 heterocycles. The molecule has 1 aromatic heterocycles. The maximum absolute atomic E-state index is 13.0. The molecule has 1 amide bonds. The number of aliphatic hydroxyl groups excluding tert-OH is 1. The van der Waals surface area contributed by atoms with Gasteiger partial charge in [-0.1, -0.05) is 18.2 Å². The average Bonchev–Trinajstić information content (AvgIpc) is 3.08. The van der Waals surface area contributed by atoms with Crippen LogP contribution in [0.4, 0.5) is 0 Å². The molecule has 2 fully saturated rings. The number of aliphatic hydroxyl groups is 1. The van der Waals surface area contributed by atoms with Crippen molar-refractivity contribution < 1.29 is 24.2 Å². The summed E-state index contributed by atoms with van der Waals surface area (Å²) in [5.74, 6) is -0.994. The normalized spacial score (nSPS) is 21.5. The summed E-state index contributed by atoms with van der Waals surface area (Å²) in [7, 11) is 1.53. The number of hydrogen-bond donors (Lipinski definition) is 1. The van der Waals surface area contributed by atoms with Crippen LogP contribution in [0.5, 0.6) is 5.75 Å². The largest absolute Gasteiger partial charge is 0.507 e. The minimum absolute atomic E-state index is 0.0632. The number of hydrogen-bond acceptors (Lipinski definition) is 7. The minimum Gasteiger partial charge on any atom is -0.507 e. The van der Waals surface area contributed by atoms with E-state index in [0.29, 0.717) is 43.2 Å². The number of Topliss-reactive ketones (excluding diaryl/α,β-unsaturated/α-hetero) is 1. The quantitative estimate of drug-likeness (QED) is 0.431. The van der Waals surface area contributed by atoms with E-state index in [1.54, 1.807) is 42.7 Å². The summed E-state index contributed by atoms with van der Waals surface area (Å²) < 4.78 is 10.6. The predicted octanol–water partition coefficient (Wildman–Crippen LogP) is 1.84. The molecule has 1 atom stereocenters. The van der Waals surface area contributed by atoms with E-state index in [1.165, 1.54) is 12.0 Å². The number of carbonyl (C=O) groups is 2. The molecule has 0 radical (unpaired) electrons. The standard InChI is InChI=1S/C23H25N3O5/c1-30-18-6-2-4-16(14-18)21(27)19-20(17-5-3-7-24-15-17)26(23(29)22(19)28)9-8-25-10-12-31-13-11-25/h2-7,14-15,20,27H,8-13H2,1H3/b21-19+/t20-/m0/s1. The Morgan fingerprint density at radius 3 is 2.71 bits per heavy atom. The highest BCUT2D eigenvalue weighted by Crippen LogP contribution is 2.39. The lowest BCUT2D eigenvalue weighted by atomic mass is 9.96. The zero-order chi connectivity index (χ0) is 21.8. The topological polar surface area (TPSA) is 92.2 Å². The third-order valence-corrected chi connectivity index (χ3v) is 5.64. The van der Waals surface area contributed by atoms with Crippen molar-refractivity contribution >= 4 is 17.4 Å².